The lowest BCUT2D eigenvalue weighted by molar-refractivity contribution is 0.0819. The van der Waals surface area contributed by atoms with E-state index < -0.39 is 12.1 Å². The molecule has 2 aliphatic rings. The Morgan fingerprint density at radius 1 is 1.16 bits per heavy atom. The minimum Gasteiger partial charge on any atom is -0.390 e. The molecule has 0 unspecified atom stereocenters. The highest BCUT2D eigenvalue weighted by molar-refractivity contribution is 8.00. The molecule has 38 heavy (non-hydrogen) atoms. The molecule has 7 heteroatoms. The number of aromatic nitrogens is 1. The number of nitrogens with one attached hydrogen (secondary N) is 2. The molecule has 0 saturated heterocycles. The van der Waals surface area contributed by atoms with Crippen LogP contribution in [0.15, 0.2) is 48.7 Å². The lowest BCUT2D eigenvalue weighted by atomic mass is 9.87. The number of hydrogen-bond acceptors (Lipinski definition) is 5. The molecular weight excluding hydrogens is 492 g/mol. The third-order valence-corrected chi connectivity index (χ3v) is 9.32. The third-order valence-electron chi connectivity index (χ3n) is 8.35. The van der Waals surface area contributed by atoms with Crippen molar-refractivity contribution in [2.45, 2.75) is 77.1 Å². The van der Waals surface area contributed by atoms with Gasteiger partial charge >= 0.3 is 0 Å². The Balaban J connectivity index is 1.38. The van der Waals surface area contributed by atoms with Crippen molar-refractivity contribution in [2.24, 2.45) is 5.92 Å². The van der Waals surface area contributed by atoms with Crippen LogP contribution in [-0.2, 0) is 19.4 Å². The number of rotatable bonds is 9. The second-order valence-electron chi connectivity index (χ2n) is 11.1. The quantitative estimate of drug-likeness (QED) is 0.331. The van der Waals surface area contributed by atoms with Crippen LogP contribution in [0.5, 0.6) is 0 Å². The molecule has 3 aromatic rings. The van der Waals surface area contributed by atoms with Crippen molar-refractivity contribution in [2.75, 3.05) is 23.7 Å². The van der Waals surface area contributed by atoms with Crippen LogP contribution in [0.1, 0.15) is 61.0 Å². The number of aliphatic hydroxyl groups is 1. The summed E-state index contributed by atoms with van der Waals surface area (Å²) in [4.78, 5) is 13.7. The molecule has 1 fully saturated rings. The SMILES string of the molecule is CCn1cc2c3c(cc(C(=O)N[C@@H](Cc4ccccc4)[C@H](O)CNC4CCC(C)CC4)cc31)N(C)SCC2. The number of carbonyl (C=O) groups is 1. The number of amides is 1. The Kier molecular flexibility index (Phi) is 8.66. The molecule has 1 aliphatic heterocycles. The fourth-order valence-electron chi connectivity index (χ4n) is 5.98. The van der Waals surface area contributed by atoms with Gasteiger partial charge in [-0.1, -0.05) is 37.3 Å². The first-order valence-electron chi connectivity index (χ1n) is 14.2. The normalized spacial score (nSPS) is 21.2. The zero-order chi connectivity index (χ0) is 26.6. The van der Waals surface area contributed by atoms with E-state index in [9.17, 15) is 9.90 Å². The predicted octanol–water partition coefficient (Wildman–Crippen LogP) is 5.17. The van der Waals surface area contributed by atoms with Gasteiger partial charge in [0, 0.05) is 49.1 Å². The van der Waals surface area contributed by atoms with Crippen molar-refractivity contribution >= 4 is 34.4 Å². The van der Waals surface area contributed by atoms with E-state index >= 15 is 0 Å². The number of aliphatic hydroxyl groups excluding tert-OH is 1. The van der Waals surface area contributed by atoms with Crippen LogP contribution in [-0.4, -0.2) is 53.1 Å². The Morgan fingerprint density at radius 2 is 1.92 bits per heavy atom. The van der Waals surface area contributed by atoms with Gasteiger partial charge in [0.15, 0.2) is 0 Å². The van der Waals surface area contributed by atoms with Crippen molar-refractivity contribution in [3.63, 3.8) is 0 Å². The van der Waals surface area contributed by atoms with Crippen molar-refractivity contribution in [1.82, 2.24) is 15.2 Å². The largest absolute Gasteiger partial charge is 0.390 e. The molecule has 5 rings (SSSR count). The Bertz CT molecular complexity index is 1240. The van der Waals surface area contributed by atoms with Gasteiger partial charge < -0.3 is 24.6 Å². The fraction of sp³-hybridized carbons (Fsp3) is 0.516. The van der Waals surface area contributed by atoms with E-state index in [0.717, 1.165) is 54.2 Å². The van der Waals surface area contributed by atoms with Crippen molar-refractivity contribution in [3.8, 4) is 0 Å². The fourth-order valence-corrected chi connectivity index (χ4v) is 6.85. The molecule has 0 spiro atoms. The van der Waals surface area contributed by atoms with E-state index in [2.05, 4.69) is 58.7 Å². The number of anilines is 1. The van der Waals surface area contributed by atoms with Gasteiger partial charge in [-0.05, 0) is 86.6 Å². The molecule has 1 aromatic heterocycles. The minimum absolute atomic E-state index is 0.136. The second-order valence-corrected chi connectivity index (χ2v) is 12.3. The molecule has 204 valence electrons. The molecule has 2 heterocycles. The summed E-state index contributed by atoms with van der Waals surface area (Å²) >= 11 is 1.79. The second kappa shape index (κ2) is 12.1. The van der Waals surface area contributed by atoms with Gasteiger partial charge in [0.1, 0.15) is 0 Å². The average Bonchev–Trinajstić information content (AvgIpc) is 3.21. The van der Waals surface area contributed by atoms with Crippen molar-refractivity contribution in [1.29, 1.82) is 0 Å². The molecule has 2 aromatic carbocycles. The van der Waals surface area contributed by atoms with Gasteiger partial charge in [0.25, 0.3) is 5.91 Å². The van der Waals surface area contributed by atoms with Crippen molar-refractivity contribution in [3.05, 3.63) is 65.4 Å². The Morgan fingerprint density at radius 3 is 2.66 bits per heavy atom. The van der Waals surface area contributed by atoms with Crippen LogP contribution in [0.4, 0.5) is 5.69 Å². The number of hydrogen-bond donors (Lipinski definition) is 3. The molecule has 1 saturated carbocycles. The maximum Gasteiger partial charge on any atom is 0.251 e. The summed E-state index contributed by atoms with van der Waals surface area (Å²) in [6, 6.07) is 14.2. The number of carbonyl (C=O) groups excluding carboxylic acids is 1. The topological polar surface area (TPSA) is 69.5 Å². The highest BCUT2D eigenvalue weighted by atomic mass is 32.2. The standard InChI is InChI=1S/C31H42N4O2S/c1-4-35-20-23-14-15-38-34(3)27-17-24(18-28(35)30(23)27)31(37)33-26(16-22-8-6-5-7-9-22)29(36)19-32-25-12-10-21(2)11-13-25/h5-9,17-18,20-21,25-26,29,32,36H,4,10-16,19H2,1-3H3,(H,33,37)/t21?,25?,26-,29+/m0/s1. The molecule has 0 radical (unpaired) electrons. The third kappa shape index (κ3) is 6.05. The Labute approximate surface area is 231 Å². The minimum atomic E-state index is -0.687. The smallest absolute Gasteiger partial charge is 0.251 e. The number of nitrogens with zero attached hydrogens (tertiary/aromatic N) is 2. The summed E-state index contributed by atoms with van der Waals surface area (Å²) in [5.41, 5.74) is 5.28. The molecule has 6 nitrogen and oxygen atoms in total. The summed E-state index contributed by atoms with van der Waals surface area (Å²) < 4.78 is 4.45. The zero-order valence-electron chi connectivity index (χ0n) is 23.0. The molecule has 2 atom stereocenters. The molecule has 0 bridgehead atoms. The highest BCUT2D eigenvalue weighted by Crippen LogP contribution is 2.38. The van der Waals surface area contributed by atoms with Crippen molar-refractivity contribution < 1.29 is 9.90 Å². The van der Waals surface area contributed by atoms with E-state index in [1.54, 1.807) is 11.9 Å². The first kappa shape index (κ1) is 27.1. The summed E-state index contributed by atoms with van der Waals surface area (Å²) in [6.07, 6.45) is 7.93. The first-order valence-corrected chi connectivity index (χ1v) is 15.2. The summed E-state index contributed by atoms with van der Waals surface area (Å²) in [6.45, 7) is 5.80. The van der Waals surface area contributed by atoms with E-state index in [4.69, 9.17) is 0 Å². The Hall–Kier alpha value is -2.48. The lowest BCUT2D eigenvalue weighted by Gasteiger charge is -2.30. The molecule has 1 amide bonds. The monoisotopic (exact) mass is 534 g/mol. The lowest BCUT2D eigenvalue weighted by Crippen LogP contribution is -2.50. The maximum atomic E-state index is 13.7. The first-order chi connectivity index (χ1) is 18.4. The van der Waals surface area contributed by atoms with E-state index in [-0.39, 0.29) is 5.91 Å². The average molecular weight is 535 g/mol. The number of benzene rings is 2. The molecule has 3 N–H and O–H groups in total. The number of aryl methyl sites for hydroxylation is 2. The van der Waals surface area contributed by atoms with E-state index in [1.165, 1.54) is 23.8 Å². The van der Waals surface area contributed by atoms with Gasteiger partial charge in [0.2, 0.25) is 0 Å². The van der Waals surface area contributed by atoms with E-state index in [1.807, 2.05) is 30.3 Å². The van der Waals surface area contributed by atoms with Gasteiger partial charge in [-0.25, -0.2) is 0 Å². The van der Waals surface area contributed by atoms with Crippen LogP contribution in [0.3, 0.4) is 0 Å². The van der Waals surface area contributed by atoms with Crippen LogP contribution >= 0.6 is 11.9 Å². The summed E-state index contributed by atoms with van der Waals surface area (Å²) in [7, 11) is 2.08. The van der Waals surface area contributed by atoms with Crippen LogP contribution in [0, 0.1) is 5.92 Å². The van der Waals surface area contributed by atoms with Gasteiger partial charge in [-0.15, -0.1) is 0 Å². The van der Waals surface area contributed by atoms with Gasteiger partial charge in [0.05, 0.1) is 23.3 Å². The van der Waals surface area contributed by atoms with Crippen LogP contribution in [0.25, 0.3) is 10.9 Å². The molecular formula is C31H42N4O2S. The maximum absolute atomic E-state index is 13.7. The van der Waals surface area contributed by atoms with Crippen LogP contribution in [0.2, 0.25) is 0 Å². The zero-order valence-corrected chi connectivity index (χ0v) is 23.8. The predicted molar refractivity (Wildman–Crippen MR) is 159 cm³/mol. The summed E-state index contributed by atoms with van der Waals surface area (Å²) in [5.74, 6) is 1.67. The van der Waals surface area contributed by atoms with Gasteiger partial charge in [-0.3, -0.25) is 4.79 Å². The molecule has 1 aliphatic carbocycles. The van der Waals surface area contributed by atoms with Gasteiger partial charge in [-0.2, -0.15) is 0 Å². The highest BCUT2D eigenvalue weighted by Gasteiger charge is 2.27. The van der Waals surface area contributed by atoms with E-state index in [0.29, 0.717) is 24.6 Å². The van der Waals surface area contributed by atoms with Crippen LogP contribution < -0.4 is 14.9 Å². The summed E-state index contributed by atoms with van der Waals surface area (Å²) in [5, 5.41) is 19.4.